The van der Waals surface area contributed by atoms with Crippen LogP contribution in [0, 0.1) is 30.4 Å². The lowest BCUT2D eigenvalue weighted by atomic mass is 9.90. The van der Waals surface area contributed by atoms with E-state index >= 15 is 0 Å². The van der Waals surface area contributed by atoms with Gasteiger partial charge in [-0.3, -0.25) is 9.48 Å². The molecular formula is C24H28F2N6O2. The Bertz CT molecular complexity index is 1270. The number of benzene rings is 1. The van der Waals surface area contributed by atoms with Crippen LogP contribution in [-0.4, -0.2) is 30.3 Å². The molecule has 1 amide bonds. The second-order valence-corrected chi connectivity index (χ2v) is 9.81. The Labute approximate surface area is 195 Å². The summed E-state index contributed by atoms with van der Waals surface area (Å²) < 4.78 is 31.2. The Morgan fingerprint density at radius 1 is 1.24 bits per heavy atom. The van der Waals surface area contributed by atoms with Crippen molar-refractivity contribution >= 4 is 17.4 Å². The number of carbonyl (C=O) groups excluding carboxylic acids is 1. The fourth-order valence-electron chi connectivity index (χ4n) is 6.04. The number of hydrogen-bond donors (Lipinski definition) is 3. The van der Waals surface area contributed by atoms with Gasteiger partial charge in [0, 0.05) is 25.7 Å². The molecule has 2 heterocycles. The number of rotatable bonds is 4. The molecule has 1 aromatic carbocycles. The summed E-state index contributed by atoms with van der Waals surface area (Å²) in [6, 6.07) is 4.45. The lowest BCUT2D eigenvalue weighted by Crippen LogP contribution is -2.27. The van der Waals surface area contributed by atoms with Gasteiger partial charge in [0.05, 0.1) is 12.0 Å². The Balaban J connectivity index is 1.34. The van der Waals surface area contributed by atoms with Gasteiger partial charge in [-0.05, 0) is 68.2 Å². The van der Waals surface area contributed by atoms with Crippen LogP contribution in [0.15, 0.2) is 24.5 Å². The van der Waals surface area contributed by atoms with Gasteiger partial charge in [0.2, 0.25) is 0 Å². The molecule has 0 bridgehead atoms. The van der Waals surface area contributed by atoms with E-state index < -0.39 is 11.4 Å². The summed E-state index contributed by atoms with van der Waals surface area (Å²) >= 11 is 0. The minimum absolute atomic E-state index is 0.0536. The normalized spacial score (nSPS) is 26.1. The van der Waals surface area contributed by atoms with Gasteiger partial charge in [-0.2, -0.15) is 5.10 Å². The van der Waals surface area contributed by atoms with Crippen LogP contribution in [0.5, 0.6) is 0 Å². The number of aromatic nitrogens is 4. The lowest BCUT2D eigenvalue weighted by molar-refractivity contribution is 0.0228. The van der Waals surface area contributed by atoms with Gasteiger partial charge in [0.15, 0.2) is 11.6 Å². The minimum atomic E-state index is -1.31. The third-order valence-corrected chi connectivity index (χ3v) is 7.48. The number of nitrogen functional groups attached to an aromatic ring is 1. The van der Waals surface area contributed by atoms with Gasteiger partial charge in [-0.1, -0.05) is 0 Å². The number of fused-ring (bicyclic) bond motifs is 1. The smallest absolute Gasteiger partial charge is 0.274 e. The van der Waals surface area contributed by atoms with Crippen molar-refractivity contribution in [2.24, 2.45) is 25.9 Å². The van der Waals surface area contributed by atoms with Gasteiger partial charge in [0.25, 0.3) is 5.91 Å². The monoisotopic (exact) mass is 470 g/mol. The number of aliphatic hydroxyl groups is 1. The molecule has 0 radical (unpaired) electrons. The summed E-state index contributed by atoms with van der Waals surface area (Å²) in [5.74, 6) is -1.10. The Kier molecular flexibility index (Phi) is 5.23. The highest BCUT2D eigenvalue weighted by Gasteiger charge is 2.52. The minimum Gasteiger partial charge on any atom is -0.383 e. The van der Waals surface area contributed by atoms with Gasteiger partial charge in [-0.15, -0.1) is 0 Å². The molecule has 0 saturated heterocycles. The number of nitrogens with two attached hydrogens (primary N) is 1. The topological polar surface area (TPSA) is 111 Å². The first-order valence-corrected chi connectivity index (χ1v) is 11.4. The number of imidazole rings is 1. The molecule has 2 aliphatic rings. The van der Waals surface area contributed by atoms with Crippen molar-refractivity contribution in [3.63, 3.8) is 0 Å². The van der Waals surface area contributed by atoms with Gasteiger partial charge < -0.3 is 20.7 Å². The number of aryl methyl sites for hydroxylation is 3. The van der Waals surface area contributed by atoms with Gasteiger partial charge >= 0.3 is 0 Å². The lowest BCUT2D eigenvalue weighted by Gasteiger charge is -2.25. The SMILES string of the molecule is Cc1cc(NC(=O)c2c(C3CC4CC(O)(c5c(F)c(N)nn5C)CC4C3)ncn2C)ccc1F. The predicted molar refractivity (Wildman–Crippen MR) is 122 cm³/mol. The molecule has 2 aromatic heterocycles. The highest BCUT2D eigenvalue weighted by atomic mass is 19.1. The second-order valence-electron chi connectivity index (χ2n) is 9.81. The Morgan fingerprint density at radius 2 is 1.91 bits per heavy atom. The third kappa shape index (κ3) is 3.56. The van der Waals surface area contributed by atoms with E-state index in [0.29, 0.717) is 35.5 Å². The van der Waals surface area contributed by atoms with Crippen molar-refractivity contribution in [2.75, 3.05) is 11.1 Å². The summed E-state index contributed by atoms with van der Waals surface area (Å²) in [4.78, 5) is 17.6. The molecule has 3 aromatic rings. The molecule has 2 aliphatic carbocycles. The first-order valence-electron chi connectivity index (χ1n) is 11.4. The van der Waals surface area contributed by atoms with E-state index in [-0.39, 0.29) is 41.0 Å². The molecule has 4 N–H and O–H groups in total. The zero-order chi connectivity index (χ0) is 24.4. The summed E-state index contributed by atoms with van der Waals surface area (Å²) in [5.41, 5.74) is 6.59. The number of carbonyl (C=O) groups is 1. The zero-order valence-electron chi connectivity index (χ0n) is 19.3. The molecule has 5 rings (SSSR count). The average Bonchev–Trinajstić information content (AvgIpc) is 3.46. The number of amides is 1. The van der Waals surface area contributed by atoms with E-state index in [1.54, 1.807) is 38.0 Å². The van der Waals surface area contributed by atoms with Crippen LogP contribution in [0.3, 0.4) is 0 Å². The second kappa shape index (κ2) is 7.90. The molecule has 2 unspecified atom stereocenters. The molecule has 0 spiro atoms. The van der Waals surface area contributed by atoms with Crippen molar-refractivity contribution in [1.29, 1.82) is 0 Å². The van der Waals surface area contributed by atoms with E-state index in [2.05, 4.69) is 15.4 Å². The molecule has 10 heteroatoms. The number of halogens is 2. The van der Waals surface area contributed by atoms with Crippen LogP contribution in [0.1, 0.15) is 59.0 Å². The van der Waals surface area contributed by atoms with Crippen LogP contribution in [0.4, 0.5) is 20.3 Å². The quantitative estimate of drug-likeness (QED) is 0.542. The first-order chi connectivity index (χ1) is 16.1. The van der Waals surface area contributed by atoms with Crippen LogP contribution in [0.25, 0.3) is 0 Å². The van der Waals surface area contributed by atoms with E-state index in [9.17, 15) is 18.7 Å². The highest BCUT2D eigenvalue weighted by molar-refractivity contribution is 6.04. The molecule has 0 aliphatic heterocycles. The largest absolute Gasteiger partial charge is 0.383 e. The number of hydrogen-bond acceptors (Lipinski definition) is 5. The summed E-state index contributed by atoms with van der Waals surface area (Å²) in [5, 5.41) is 18.1. The van der Waals surface area contributed by atoms with Crippen molar-refractivity contribution in [3.8, 4) is 0 Å². The number of anilines is 2. The van der Waals surface area contributed by atoms with Crippen LogP contribution in [0.2, 0.25) is 0 Å². The molecule has 34 heavy (non-hydrogen) atoms. The van der Waals surface area contributed by atoms with E-state index in [0.717, 1.165) is 12.8 Å². The van der Waals surface area contributed by atoms with Crippen molar-refractivity contribution in [3.05, 3.63) is 58.8 Å². The number of nitrogens with one attached hydrogen (secondary N) is 1. The van der Waals surface area contributed by atoms with Gasteiger partial charge in [0.1, 0.15) is 22.8 Å². The van der Waals surface area contributed by atoms with Gasteiger partial charge in [-0.25, -0.2) is 13.8 Å². The summed E-state index contributed by atoms with van der Waals surface area (Å²) in [6.07, 6.45) is 3.93. The van der Waals surface area contributed by atoms with E-state index in [4.69, 9.17) is 5.73 Å². The molecule has 8 nitrogen and oxygen atoms in total. The van der Waals surface area contributed by atoms with E-state index in [1.807, 2.05) is 0 Å². The molecule has 2 fully saturated rings. The maximum atomic E-state index is 14.6. The van der Waals surface area contributed by atoms with Crippen molar-refractivity contribution in [2.45, 2.75) is 44.1 Å². The average molecular weight is 471 g/mol. The fourth-order valence-corrected chi connectivity index (χ4v) is 6.04. The maximum absolute atomic E-state index is 14.6. The summed E-state index contributed by atoms with van der Waals surface area (Å²) in [7, 11) is 3.36. The van der Waals surface area contributed by atoms with Crippen molar-refractivity contribution < 1.29 is 18.7 Å². The molecule has 2 saturated carbocycles. The van der Waals surface area contributed by atoms with Crippen LogP contribution >= 0.6 is 0 Å². The standard InChI is InChI=1S/C24H28F2N6O2/c1-12-6-16(4-5-17(12)25)29-23(33)20-19(28-11-31(20)2)13-7-14-9-24(34,10-15(14)8-13)21-18(26)22(27)30-32(21)3/h4-6,11,13-15,34H,7-10H2,1-3H3,(H2,27,30)(H,29,33). The number of nitrogens with zero attached hydrogens (tertiary/aromatic N) is 4. The fraction of sp³-hybridized carbons (Fsp3) is 0.458. The Morgan fingerprint density at radius 3 is 2.50 bits per heavy atom. The highest BCUT2D eigenvalue weighted by Crippen LogP contribution is 2.57. The maximum Gasteiger partial charge on any atom is 0.274 e. The summed E-state index contributed by atoms with van der Waals surface area (Å²) in [6.45, 7) is 1.64. The van der Waals surface area contributed by atoms with E-state index in [1.165, 1.54) is 16.8 Å². The van der Waals surface area contributed by atoms with Crippen LogP contribution < -0.4 is 11.1 Å². The van der Waals surface area contributed by atoms with Crippen molar-refractivity contribution in [1.82, 2.24) is 19.3 Å². The third-order valence-electron chi connectivity index (χ3n) is 7.48. The zero-order valence-corrected chi connectivity index (χ0v) is 19.3. The molecule has 180 valence electrons. The van der Waals surface area contributed by atoms with Crippen LogP contribution in [-0.2, 0) is 19.7 Å². The predicted octanol–water partition coefficient (Wildman–Crippen LogP) is 3.37. The molecular weight excluding hydrogens is 442 g/mol. The Hall–Kier alpha value is -3.27. The first kappa shape index (κ1) is 22.5. The molecule has 2 atom stereocenters.